The molecule has 10 heteroatoms. The maximum absolute atomic E-state index is 13.1. The van der Waals surface area contributed by atoms with Crippen LogP contribution in [0.25, 0.3) is 10.9 Å². The molecule has 0 spiro atoms. The summed E-state index contributed by atoms with van der Waals surface area (Å²) in [6.45, 7) is 1.38. The normalized spacial score (nSPS) is 15.9. The van der Waals surface area contributed by atoms with Crippen molar-refractivity contribution in [1.82, 2.24) is 9.47 Å². The van der Waals surface area contributed by atoms with Gasteiger partial charge >= 0.3 is 6.18 Å². The summed E-state index contributed by atoms with van der Waals surface area (Å²) in [4.78, 5) is 25.2. The van der Waals surface area contributed by atoms with Crippen LogP contribution in [0.3, 0.4) is 0 Å². The number of fused-ring (bicyclic) bond motifs is 1. The molecule has 37 heavy (non-hydrogen) atoms. The van der Waals surface area contributed by atoms with Gasteiger partial charge in [-0.05, 0) is 41.8 Å². The van der Waals surface area contributed by atoms with Crippen molar-refractivity contribution >= 4 is 34.1 Å². The fourth-order valence-corrected chi connectivity index (χ4v) is 5.14. The van der Waals surface area contributed by atoms with Gasteiger partial charge in [-0.1, -0.05) is 41.9 Å². The van der Waals surface area contributed by atoms with Gasteiger partial charge in [0.15, 0.2) is 0 Å². The number of aromatic nitrogens is 1. The van der Waals surface area contributed by atoms with Crippen LogP contribution in [-0.4, -0.2) is 33.4 Å². The van der Waals surface area contributed by atoms with E-state index in [1.807, 2.05) is 35.0 Å². The number of hydrogen-bond donors (Lipinski definition) is 0. The van der Waals surface area contributed by atoms with Crippen LogP contribution in [0.2, 0.25) is 5.02 Å². The average Bonchev–Trinajstić information content (AvgIpc) is 3.49. The molecule has 1 aliphatic heterocycles. The van der Waals surface area contributed by atoms with Gasteiger partial charge < -0.3 is 9.47 Å². The monoisotopic (exact) mass is 527 g/mol. The highest BCUT2D eigenvalue weighted by molar-refractivity contribution is 6.34. The topological polar surface area (TPSA) is 68.4 Å². The third-order valence-electron chi connectivity index (χ3n) is 6.76. The Morgan fingerprint density at radius 2 is 1.81 bits per heavy atom. The minimum absolute atomic E-state index is 0.0378. The predicted octanol–water partition coefficient (Wildman–Crippen LogP) is 6.90. The van der Waals surface area contributed by atoms with E-state index in [4.69, 9.17) is 11.6 Å². The Morgan fingerprint density at radius 1 is 1.08 bits per heavy atom. The maximum atomic E-state index is 13.1. The van der Waals surface area contributed by atoms with Crippen molar-refractivity contribution in [3.05, 3.63) is 110 Å². The van der Waals surface area contributed by atoms with Crippen molar-refractivity contribution in [1.29, 1.82) is 0 Å². The second-order valence-corrected chi connectivity index (χ2v) is 9.49. The molecule has 5 rings (SSSR count). The SMILES string of the molecule is O=C(c1ccc([N+](=O)[O-])cc1Cl)N1CCC(c2cn(Cc3ccc(C(F)(F)F)cc3)c3ccccc23)C1. The highest BCUT2D eigenvalue weighted by Crippen LogP contribution is 2.36. The van der Waals surface area contributed by atoms with E-state index in [9.17, 15) is 28.1 Å². The van der Waals surface area contributed by atoms with Gasteiger partial charge in [-0.25, -0.2) is 0 Å². The van der Waals surface area contributed by atoms with Crippen LogP contribution in [0.1, 0.15) is 39.4 Å². The molecule has 1 unspecified atom stereocenters. The van der Waals surface area contributed by atoms with Gasteiger partial charge in [0.1, 0.15) is 0 Å². The zero-order valence-electron chi connectivity index (χ0n) is 19.4. The van der Waals surface area contributed by atoms with E-state index < -0.39 is 16.7 Å². The Bertz CT molecular complexity index is 1500. The van der Waals surface area contributed by atoms with Gasteiger partial charge in [-0.3, -0.25) is 14.9 Å². The lowest BCUT2D eigenvalue weighted by Crippen LogP contribution is -2.28. The first-order chi connectivity index (χ1) is 17.6. The average molecular weight is 528 g/mol. The summed E-state index contributed by atoms with van der Waals surface area (Å²) in [5.74, 6) is -0.226. The number of amides is 1. The van der Waals surface area contributed by atoms with Crippen LogP contribution in [0.5, 0.6) is 0 Å². The second-order valence-electron chi connectivity index (χ2n) is 9.08. The number of alkyl halides is 3. The number of benzene rings is 3. The van der Waals surface area contributed by atoms with Gasteiger partial charge in [0.05, 0.1) is 21.1 Å². The standard InChI is InChI=1S/C27H21ClF3N3O3/c28-24-13-20(34(36)37)9-10-22(24)26(35)32-12-11-18(15-32)23-16-33(25-4-2-1-3-21(23)25)14-17-5-7-19(8-6-17)27(29,30)31/h1-10,13,16,18H,11-12,14-15H2. The Hall–Kier alpha value is -3.85. The summed E-state index contributed by atoms with van der Waals surface area (Å²) in [6.07, 6.45) is -1.64. The Kier molecular flexibility index (Phi) is 6.41. The summed E-state index contributed by atoms with van der Waals surface area (Å²) >= 11 is 6.18. The number of hydrogen-bond acceptors (Lipinski definition) is 3. The van der Waals surface area contributed by atoms with E-state index in [1.54, 1.807) is 4.90 Å². The number of carbonyl (C=O) groups excluding carboxylic acids is 1. The lowest BCUT2D eigenvalue weighted by molar-refractivity contribution is -0.384. The van der Waals surface area contributed by atoms with Crippen molar-refractivity contribution in [2.75, 3.05) is 13.1 Å². The van der Waals surface area contributed by atoms with E-state index in [2.05, 4.69) is 0 Å². The third kappa shape index (κ3) is 4.91. The summed E-state index contributed by atoms with van der Waals surface area (Å²) in [5, 5.41) is 12.0. The van der Waals surface area contributed by atoms with Gasteiger partial charge in [-0.2, -0.15) is 13.2 Å². The van der Waals surface area contributed by atoms with E-state index in [1.165, 1.54) is 30.3 Å². The molecule has 4 aromatic rings. The number of nitro groups is 1. The molecule has 1 amide bonds. The molecule has 1 aromatic heterocycles. The fraction of sp³-hybridized carbons (Fsp3) is 0.222. The van der Waals surface area contributed by atoms with E-state index >= 15 is 0 Å². The summed E-state index contributed by atoms with van der Waals surface area (Å²) in [5.41, 5.74) is 2.13. The van der Waals surface area contributed by atoms with Crippen LogP contribution in [0.4, 0.5) is 18.9 Å². The van der Waals surface area contributed by atoms with Crippen molar-refractivity contribution in [3.63, 3.8) is 0 Å². The molecule has 0 radical (unpaired) electrons. The highest BCUT2D eigenvalue weighted by Gasteiger charge is 2.32. The number of nitro benzene ring substituents is 1. The van der Waals surface area contributed by atoms with Crippen LogP contribution in [-0.2, 0) is 12.7 Å². The number of carbonyl (C=O) groups is 1. The molecular formula is C27H21ClF3N3O3. The van der Waals surface area contributed by atoms with Crippen LogP contribution in [0.15, 0.2) is 72.9 Å². The van der Waals surface area contributed by atoms with Crippen molar-refractivity contribution < 1.29 is 22.9 Å². The third-order valence-corrected chi connectivity index (χ3v) is 7.08. The van der Waals surface area contributed by atoms with E-state index in [-0.39, 0.29) is 28.1 Å². The van der Waals surface area contributed by atoms with Crippen molar-refractivity contribution in [2.45, 2.75) is 25.1 Å². The Balaban J connectivity index is 1.38. The lowest BCUT2D eigenvalue weighted by Gasteiger charge is -2.17. The Morgan fingerprint density at radius 3 is 2.49 bits per heavy atom. The van der Waals surface area contributed by atoms with E-state index in [0.29, 0.717) is 19.6 Å². The van der Waals surface area contributed by atoms with Crippen LogP contribution in [0, 0.1) is 10.1 Å². The number of halogens is 4. The molecule has 6 nitrogen and oxygen atoms in total. The Labute approximate surface area is 215 Å². The zero-order chi connectivity index (χ0) is 26.3. The maximum Gasteiger partial charge on any atom is 0.416 e. The minimum Gasteiger partial charge on any atom is -0.343 e. The number of para-hydroxylation sites is 1. The van der Waals surface area contributed by atoms with Crippen molar-refractivity contribution in [2.24, 2.45) is 0 Å². The van der Waals surface area contributed by atoms with E-state index in [0.717, 1.165) is 40.6 Å². The molecule has 190 valence electrons. The highest BCUT2D eigenvalue weighted by atomic mass is 35.5. The first-order valence-corrected chi connectivity index (χ1v) is 12.0. The molecule has 0 saturated carbocycles. The minimum atomic E-state index is -4.38. The molecule has 1 aliphatic rings. The first-order valence-electron chi connectivity index (χ1n) is 11.6. The summed E-state index contributed by atoms with van der Waals surface area (Å²) in [6, 6.07) is 16.8. The van der Waals surface area contributed by atoms with Crippen molar-refractivity contribution in [3.8, 4) is 0 Å². The quantitative estimate of drug-likeness (QED) is 0.209. The number of non-ortho nitro benzene ring substituents is 1. The fourth-order valence-electron chi connectivity index (χ4n) is 4.89. The molecule has 3 aromatic carbocycles. The van der Waals surface area contributed by atoms with Gasteiger partial charge in [0.2, 0.25) is 0 Å². The molecule has 0 N–H and O–H groups in total. The molecule has 0 aliphatic carbocycles. The summed E-state index contributed by atoms with van der Waals surface area (Å²) in [7, 11) is 0. The largest absolute Gasteiger partial charge is 0.416 e. The van der Waals surface area contributed by atoms with Gasteiger partial charge in [0, 0.05) is 54.8 Å². The number of rotatable bonds is 5. The molecular weight excluding hydrogens is 507 g/mol. The molecule has 1 fully saturated rings. The molecule has 1 saturated heterocycles. The summed E-state index contributed by atoms with van der Waals surface area (Å²) < 4.78 is 40.8. The number of likely N-dealkylation sites (tertiary alicyclic amines) is 1. The van der Waals surface area contributed by atoms with Gasteiger partial charge in [0.25, 0.3) is 11.6 Å². The van der Waals surface area contributed by atoms with Crippen LogP contribution < -0.4 is 0 Å². The smallest absolute Gasteiger partial charge is 0.343 e. The van der Waals surface area contributed by atoms with Gasteiger partial charge in [-0.15, -0.1) is 0 Å². The second kappa shape index (κ2) is 9.55. The van der Waals surface area contributed by atoms with Crippen LogP contribution >= 0.6 is 11.6 Å². The first kappa shape index (κ1) is 24.8. The number of nitrogens with zero attached hydrogens (tertiary/aromatic N) is 3. The molecule has 0 bridgehead atoms. The predicted molar refractivity (Wildman–Crippen MR) is 134 cm³/mol. The lowest BCUT2D eigenvalue weighted by atomic mass is 9.98. The molecule has 1 atom stereocenters. The zero-order valence-corrected chi connectivity index (χ0v) is 20.2. The molecule has 2 heterocycles.